The molecule has 6 rings (SSSR count). The highest BCUT2D eigenvalue weighted by Crippen LogP contribution is 2.48. The van der Waals surface area contributed by atoms with Crippen molar-refractivity contribution in [2.45, 2.75) is 90.3 Å². The van der Waals surface area contributed by atoms with Gasteiger partial charge >= 0.3 is 5.97 Å². The third-order valence-corrected chi connectivity index (χ3v) is 9.51. The normalized spacial score (nSPS) is 22.7. The lowest BCUT2D eigenvalue weighted by atomic mass is 9.82. The fraction of sp³-hybridized carbons (Fsp3) is 0.486. The van der Waals surface area contributed by atoms with Crippen LogP contribution < -0.4 is 4.74 Å². The molecule has 1 unspecified atom stereocenters. The van der Waals surface area contributed by atoms with Gasteiger partial charge in [0.15, 0.2) is 0 Å². The Labute approximate surface area is 238 Å². The first-order chi connectivity index (χ1) is 19.4. The van der Waals surface area contributed by atoms with E-state index in [1.54, 1.807) is 0 Å². The quantitative estimate of drug-likeness (QED) is 0.318. The van der Waals surface area contributed by atoms with E-state index in [2.05, 4.69) is 65.3 Å². The second kappa shape index (κ2) is 11.4. The Kier molecular flexibility index (Phi) is 7.67. The Morgan fingerprint density at radius 1 is 1.05 bits per heavy atom. The SMILES string of the molecule is Cc1cc(-c2ccc(C3CCc4ccc([C@H](C5CC5)[C@H](C)C(=O)O)cc4O3)c(CN3CCCC[C@H]3C)c2)ccn1. The van der Waals surface area contributed by atoms with E-state index in [1.807, 2.05) is 20.0 Å². The number of aliphatic carboxylic acids is 1. The second-order valence-electron chi connectivity index (χ2n) is 12.4. The van der Waals surface area contributed by atoms with E-state index in [0.29, 0.717) is 12.0 Å². The van der Waals surface area contributed by atoms with E-state index in [9.17, 15) is 9.90 Å². The molecule has 3 heterocycles. The molecule has 0 radical (unpaired) electrons. The van der Waals surface area contributed by atoms with Gasteiger partial charge in [-0.15, -0.1) is 0 Å². The first kappa shape index (κ1) is 27.0. The van der Waals surface area contributed by atoms with Crippen LogP contribution in [0, 0.1) is 18.8 Å². The van der Waals surface area contributed by atoms with Gasteiger partial charge in [-0.2, -0.15) is 0 Å². The van der Waals surface area contributed by atoms with Crippen LogP contribution in [0.2, 0.25) is 0 Å². The van der Waals surface area contributed by atoms with Gasteiger partial charge in [0.1, 0.15) is 11.9 Å². The van der Waals surface area contributed by atoms with Crippen molar-refractivity contribution in [2.75, 3.05) is 6.54 Å². The van der Waals surface area contributed by atoms with Crippen LogP contribution in [0.4, 0.5) is 0 Å². The number of fused-ring (bicyclic) bond motifs is 1. The Bertz CT molecular complexity index is 1380. The van der Waals surface area contributed by atoms with Crippen molar-refractivity contribution in [2.24, 2.45) is 11.8 Å². The lowest BCUT2D eigenvalue weighted by molar-refractivity contribution is -0.142. The molecule has 4 atom stereocenters. The van der Waals surface area contributed by atoms with E-state index in [0.717, 1.165) is 55.8 Å². The zero-order valence-electron chi connectivity index (χ0n) is 24.1. The van der Waals surface area contributed by atoms with Crippen molar-refractivity contribution < 1.29 is 14.6 Å². The number of carboxylic acids is 1. The van der Waals surface area contributed by atoms with Crippen LogP contribution in [0.3, 0.4) is 0 Å². The molecule has 2 aromatic carbocycles. The van der Waals surface area contributed by atoms with Gasteiger partial charge in [0.2, 0.25) is 0 Å². The Hall–Kier alpha value is -3.18. The van der Waals surface area contributed by atoms with Gasteiger partial charge in [-0.05, 0) is 128 Å². The molecule has 2 aliphatic heterocycles. The molecule has 1 aromatic heterocycles. The summed E-state index contributed by atoms with van der Waals surface area (Å²) in [5.74, 6) is 0.335. The second-order valence-corrected chi connectivity index (χ2v) is 12.4. The molecule has 3 aromatic rings. The number of carbonyl (C=O) groups is 1. The number of rotatable bonds is 8. The van der Waals surface area contributed by atoms with E-state index >= 15 is 0 Å². The fourth-order valence-electron chi connectivity index (χ4n) is 6.96. The van der Waals surface area contributed by atoms with Gasteiger partial charge in [-0.1, -0.05) is 37.6 Å². The molecule has 5 nitrogen and oxygen atoms in total. The maximum Gasteiger partial charge on any atom is 0.306 e. The number of carboxylic acid groups (broad SMARTS) is 1. The molecular weight excluding hydrogens is 496 g/mol. The first-order valence-electron chi connectivity index (χ1n) is 15.2. The minimum Gasteiger partial charge on any atom is -0.485 e. The first-order valence-corrected chi connectivity index (χ1v) is 15.2. The van der Waals surface area contributed by atoms with Gasteiger partial charge < -0.3 is 9.84 Å². The number of aromatic nitrogens is 1. The van der Waals surface area contributed by atoms with Gasteiger partial charge in [-0.25, -0.2) is 0 Å². The van der Waals surface area contributed by atoms with Crippen molar-refractivity contribution in [3.63, 3.8) is 0 Å². The largest absolute Gasteiger partial charge is 0.485 e. The van der Waals surface area contributed by atoms with Crippen LogP contribution in [0.1, 0.15) is 92.3 Å². The average molecular weight is 539 g/mol. The van der Waals surface area contributed by atoms with Crippen LogP contribution in [-0.4, -0.2) is 33.5 Å². The molecule has 0 amide bonds. The number of ether oxygens (including phenoxy) is 1. The fourth-order valence-corrected chi connectivity index (χ4v) is 6.96. The number of benzene rings is 2. The van der Waals surface area contributed by atoms with Crippen LogP contribution in [-0.2, 0) is 17.8 Å². The van der Waals surface area contributed by atoms with Crippen molar-refractivity contribution in [1.82, 2.24) is 9.88 Å². The van der Waals surface area contributed by atoms with E-state index in [1.165, 1.54) is 47.1 Å². The van der Waals surface area contributed by atoms with Gasteiger partial charge in [0, 0.05) is 24.5 Å². The number of aryl methyl sites for hydroxylation is 2. The standard InChI is InChI=1S/C35H42N2O3/c1-22-18-28(15-16-36-22)27-11-13-31(30(19-27)21-37-17-5-4-6-23(37)2)32-14-12-25-7-10-29(20-33(25)40-32)34(26-8-9-26)24(3)35(38)39/h7,10-11,13,15-16,18-20,23-24,26,32,34H,4-6,8-9,12,14,17,21H2,1-3H3,(H,38,39)/t23-,24+,32?,34+/m1/s1. The smallest absolute Gasteiger partial charge is 0.306 e. The summed E-state index contributed by atoms with van der Waals surface area (Å²) < 4.78 is 6.79. The summed E-state index contributed by atoms with van der Waals surface area (Å²) in [6, 6.07) is 18.2. The Morgan fingerprint density at radius 2 is 1.88 bits per heavy atom. The van der Waals surface area contributed by atoms with Crippen LogP contribution in [0.5, 0.6) is 5.75 Å². The summed E-state index contributed by atoms with van der Waals surface area (Å²) in [5, 5.41) is 9.78. The van der Waals surface area contributed by atoms with Crippen molar-refractivity contribution >= 4 is 5.97 Å². The highest BCUT2D eigenvalue weighted by Gasteiger charge is 2.39. The lowest BCUT2D eigenvalue weighted by Gasteiger charge is -2.35. The molecule has 1 N–H and O–H groups in total. The zero-order valence-corrected chi connectivity index (χ0v) is 24.1. The third-order valence-electron chi connectivity index (χ3n) is 9.51. The predicted molar refractivity (Wildman–Crippen MR) is 159 cm³/mol. The molecule has 0 bridgehead atoms. The molecule has 1 aliphatic carbocycles. The summed E-state index contributed by atoms with van der Waals surface area (Å²) in [4.78, 5) is 18.9. The Balaban J connectivity index is 1.32. The number of hydrogen-bond acceptors (Lipinski definition) is 4. The molecule has 40 heavy (non-hydrogen) atoms. The minimum atomic E-state index is -0.713. The number of pyridine rings is 1. The van der Waals surface area contributed by atoms with Gasteiger partial charge in [0.25, 0.3) is 0 Å². The number of piperidine rings is 1. The molecular formula is C35H42N2O3. The maximum absolute atomic E-state index is 11.9. The summed E-state index contributed by atoms with van der Waals surface area (Å²) in [7, 11) is 0. The summed E-state index contributed by atoms with van der Waals surface area (Å²) in [5.41, 5.74) is 8.42. The molecule has 1 saturated carbocycles. The Morgan fingerprint density at radius 3 is 2.62 bits per heavy atom. The molecule has 210 valence electrons. The van der Waals surface area contributed by atoms with Gasteiger partial charge in [0.05, 0.1) is 5.92 Å². The van der Waals surface area contributed by atoms with Crippen molar-refractivity contribution in [1.29, 1.82) is 0 Å². The lowest BCUT2D eigenvalue weighted by Crippen LogP contribution is -2.37. The number of hydrogen-bond donors (Lipinski definition) is 1. The van der Waals surface area contributed by atoms with Crippen LogP contribution in [0.15, 0.2) is 54.7 Å². The van der Waals surface area contributed by atoms with Crippen molar-refractivity contribution in [3.05, 3.63) is 82.7 Å². The van der Waals surface area contributed by atoms with Crippen molar-refractivity contribution in [3.8, 4) is 16.9 Å². The molecule has 1 saturated heterocycles. The predicted octanol–water partition coefficient (Wildman–Crippen LogP) is 7.71. The summed E-state index contributed by atoms with van der Waals surface area (Å²) in [6.45, 7) is 8.33. The third kappa shape index (κ3) is 5.67. The van der Waals surface area contributed by atoms with E-state index < -0.39 is 11.9 Å². The average Bonchev–Trinajstić information content (AvgIpc) is 3.79. The van der Waals surface area contributed by atoms with Crippen LogP contribution >= 0.6 is 0 Å². The highest BCUT2D eigenvalue weighted by molar-refractivity contribution is 5.71. The highest BCUT2D eigenvalue weighted by atomic mass is 16.5. The zero-order chi connectivity index (χ0) is 27.8. The minimum absolute atomic E-state index is 0.0117. The summed E-state index contributed by atoms with van der Waals surface area (Å²) >= 11 is 0. The number of likely N-dealkylation sites (tertiary alicyclic amines) is 1. The summed E-state index contributed by atoms with van der Waals surface area (Å²) in [6.07, 6.45) is 9.85. The van der Waals surface area contributed by atoms with Gasteiger partial charge in [-0.3, -0.25) is 14.7 Å². The van der Waals surface area contributed by atoms with E-state index in [4.69, 9.17) is 4.74 Å². The maximum atomic E-state index is 11.9. The molecule has 2 fully saturated rings. The monoisotopic (exact) mass is 538 g/mol. The number of nitrogens with zero attached hydrogens (tertiary/aromatic N) is 2. The van der Waals surface area contributed by atoms with Crippen LogP contribution in [0.25, 0.3) is 11.1 Å². The van der Waals surface area contributed by atoms with E-state index in [-0.39, 0.29) is 12.0 Å². The molecule has 3 aliphatic rings. The topological polar surface area (TPSA) is 62.7 Å². The molecule has 0 spiro atoms. The molecule has 5 heteroatoms.